The van der Waals surface area contributed by atoms with Crippen molar-refractivity contribution in [3.05, 3.63) is 48.2 Å². The van der Waals surface area contributed by atoms with Crippen molar-refractivity contribution in [3.63, 3.8) is 0 Å². The number of sulfonamides is 1. The van der Waals surface area contributed by atoms with Gasteiger partial charge in [-0.1, -0.05) is 6.07 Å². The number of aryl methyl sites for hydroxylation is 1. The molecule has 1 saturated heterocycles. The number of piperazine rings is 1. The number of fused-ring (bicyclic) bond motifs is 1. The third kappa shape index (κ3) is 5.46. The molecular weight excluding hydrogens is 507 g/mol. The van der Waals surface area contributed by atoms with Gasteiger partial charge in [-0.15, -0.1) is 0 Å². The first-order valence-corrected chi connectivity index (χ1v) is 12.7. The molecule has 12 heteroatoms. The Morgan fingerprint density at radius 3 is 2.49 bits per heavy atom. The van der Waals surface area contributed by atoms with E-state index in [0.717, 1.165) is 5.56 Å². The van der Waals surface area contributed by atoms with Crippen molar-refractivity contribution < 1.29 is 30.7 Å². The predicted octanol–water partition coefficient (Wildman–Crippen LogP) is 5.17. The maximum absolute atomic E-state index is 13.4. The van der Waals surface area contributed by atoms with Gasteiger partial charge in [-0.3, -0.25) is 4.90 Å². The van der Waals surface area contributed by atoms with E-state index in [1.807, 2.05) is 4.90 Å². The van der Waals surface area contributed by atoms with Gasteiger partial charge in [-0.2, -0.15) is 25.4 Å². The molecule has 0 N–H and O–H groups in total. The largest absolute Gasteiger partial charge is 0.495 e. The molecule has 7 nitrogen and oxygen atoms in total. The molecule has 35 heavy (non-hydrogen) atoms. The number of hydrogen-bond donors (Lipinski definition) is 0. The van der Waals surface area contributed by atoms with Gasteiger partial charge in [0.15, 0.2) is 5.58 Å². The highest BCUT2D eigenvalue weighted by Crippen LogP contribution is 2.38. The molecule has 0 radical (unpaired) electrons. The topological polar surface area (TPSA) is 66.2 Å². The Morgan fingerprint density at radius 1 is 1.11 bits per heavy atom. The van der Waals surface area contributed by atoms with Crippen LogP contribution in [0, 0.1) is 6.92 Å². The van der Waals surface area contributed by atoms with Crippen molar-refractivity contribution in [2.24, 2.45) is 0 Å². The van der Waals surface area contributed by atoms with E-state index in [2.05, 4.69) is 0 Å². The predicted molar refractivity (Wildman–Crippen MR) is 129 cm³/mol. The molecule has 1 aromatic heterocycles. The number of halogens is 4. The number of furan rings is 1. The van der Waals surface area contributed by atoms with Crippen LogP contribution >= 0.6 is 11.8 Å². The number of nitrogens with zero attached hydrogens (tertiary/aromatic N) is 3. The van der Waals surface area contributed by atoms with E-state index in [-0.39, 0.29) is 22.9 Å². The molecule has 1 aliphatic rings. The Morgan fingerprint density at radius 2 is 1.83 bits per heavy atom. The summed E-state index contributed by atoms with van der Waals surface area (Å²) < 4.78 is 76.1. The molecule has 2 aromatic carbocycles. The summed E-state index contributed by atoms with van der Waals surface area (Å²) in [7, 11) is -2.80. The lowest BCUT2D eigenvalue weighted by Crippen LogP contribution is -2.47. The van der Waals surface area contributed by atoms with Gasteiger partial charge in [0.1, 0.15) is 10.6 Å². The molecule has 0 bridgehead atoms. The lowest BCUT2D eigenvalue weighted by atomic mass is 10.1. The molecule has 0 spiro atoms. The summed E-state index contributed by atoms with van der Waals surface area (Å²) in [6.45, 7) is 3.49. The maximum atomic E-state index is 13.4. The molecule has 1 aliphatic heterocycles. The van der Waals surface area contributed by atoms with Crippen LogP contribution in [0.25, 0.3) is 11.0 Å². The fourth-order valence-electron chi connectivity index (χ4n) is 4.09. The number of benzene rings is 2. The fraction of sp³-hybridized carbons (Fsp3) is 0.391. The minimum absolute atomic E-state index is 0.0560. The molecule has 0 atom stereocenters. The van der Waals surface area contributed by atoms with Gasteiger partial charge in [-0.05, 0) is 42.8 Å². The number of hydrogen-bond acceptors (Lipinski definition) is 6. The summed E-state index contributed by atoms with van der Waals surface area (Å²) in [5.41, 5.74) is 2.10. The molecule has 2 heterocycles. The van der Waals surface area contributed by atoms with E-state index in [4.69, 9.17) is 20.9 Å². The van der Waals surface area contributed by atoms with E-state index >= 15 is 0 Å². The zero-order chi connectivity index (χ0) is 25.4. The summed E-state index contributed by atoms with van der Waals surface area (Å²) in [4.78, 5) is 3.65. The number of rotatable bonds is 7. The maximum Gasteiger partial charge on any atom is 0.390 e. The van der Waals surface area contributed by atoms with Crippen LogP contribution in [0.5, 0.6) is 5.75 Å². The Hall–Kier alpha value is -2.63. The average Bonchev–Trinajstić information content (AvgIpc) is 3.30. The molecule has 0 aliphatic carbocycles. The zero-order valence-corrected chi connectivity index (χ0v) is 20.8. The van der Waals surface area contributed by atoms with Crippen molar-refractivity contribution in [3.8, 4) is 5.75 Å². The highest BCUT2D eigenvalue weighted by molar-refractivity contribution is 7.94. The minimum Gasteiger partial charge on any atom is -0.495 e. The van der Waals surface area contributed by atoms with E-state index in [1.54, 1.807) is 42.2 Å². The quantitative estimate of drug-likeness (QED) is 0.392. The van der Waals surface area contributed by atoms with Gasteiger partial charge in [0, 0.05) is 49.9 Å². The Kier molecular flexibility index (Phi) is 7.12. The first-order chi connectivity index (χ1) is 16.5. The van der Waals surface area contributed by atoms with Crippen LogP contribution in [0.15, 0.2) is 52.0 Å². The van der Waals surface area contributed by atoms with Crippen LogP contribution < -0.4 is 13.5 Å². The van der Waals surface area contributed by atoms with Crippen molar-refractivity contribution >= 4 is 44.1 Å². The fourth-order valence-corrected chi connectivity index (χ4v) is 5.71. The van der Waals surface area contributed by atoms with E-state index in [0.29, 0.717) is 46.7 Å². The summed E-state index contributed by atoms with van der Waals surface area (Å²) >= 11 is 6.43. The number of anilines is 2. The minimum atomic E-state index is -4.19. The van der Waals surface area contributed by atoms with Crippen molar-refractivity contribution in [2.75, 3.05) is 48.6 Å². The lowest BCUT2D eigenvalue weighted by molar-refractivity contribution is -0.138. The molecule has 1 fully saturated rings. The third-order valence-electron chi connectivity index (χ3n) is 5.95. The van der Waals surface area contributed by atoms with Crippen LogP contribution in [0.1, 0.15) is 12.0 Å². The SMILES string of the molecule is COc1ccc(C)cc1S(=O)(=O)N(Cl)c1cc(N2CCN(CCC(F)(F)F)CC2)c2occc2c1. The second kappa shape index (κ2) is 9.79. The van der Waals surface area contributed by atoms with Crippen LogP contribution in [0.2, 0.25) is 0 Å². The lowest BCUT2D eigenvalue weighted by Gasteiger charge is -2.36. The highest BCUT2D eigenvalue weighted by Gasteiger charge is 2.31. The summed E-state index contributed by atoms with van der Waals surface area (Å²) in [6.07, 6.45) is -3.55. The highest BCUT2D eigenvalue weighted by atomic mass is 35.5. The van der Waals surface area contributed by atoms with Crippen molar-refractivity contribution in [1.82, 2.24) is 4.90 Å². The van der Waals surface area contributed by atoms with Crippen LogP contribution in [-0.2, 0) is 10.0 Å². The van der Waals surface area contributed by atoms with Crippen LogP contribution in [0.3, 0.4) is 0 Å². The smallest absolute Gasteiger partial charge is 0.390 e. The first kappa shape index (κ1) is 25.5. The number of ether oxygens (including phenoxy) is 1. The standard InChI is InChI=1S/C23H25ClF3N3O4S/c1-16-3-4-20(33-2)21(13-16)35(31,32)30(24)18-14-17-5-12-34-22(17)19(15-18)29-10-8-28(9-11-29)7-6-23(25,26)27/h3-5,12-15H,6-11H2,1-2H3. The first-order valence-electron chi connectivity index (χ1n) is 10.9. The summed E-state index contributed by atoms with van der Waals surface area (Å²) in [5, 5.41) is 0.647. The second-order valence-electron chi connectivity index (χ2n) is 8.37. The normalized spacial score (nSPS) is 15.5. The Bertz CT molecular complexity index is 1310. The van der Waals surface area contributed by atoms with E-state index in [9.17, 15) is 21.6 Å². The number of methoxy groups -OCH3 is 1. The number of alkyl halides is 3. The molecule has 190 valence electrons. The van der Waals surface area contributed by atoms with Crippen LogP contribution in [0.4, 0.5) is 24.5 Å². The third-order valence-corrected chi connectivity index (χ3v) is 8.20. The van der Waals surface area contributed by atoms with Gasteiger partial charge in [0.2, 0.25) is 0 Å². The van der Waals surface area contributed by atoms with E-state index in [1.165, 1.54) is 19.4 Å². The zero-order valence-electron chi connectivity index (χ0n) is 19.2. The van der Waals surface area contributed by atoms with E-state index < -0.39 is 22.6 Å². The molecule has 0 saturated carbocycles. The molecule has 4 rings (SSSR count). The summed E-state index contributed by atoms with van der Waals surface area (Å²) in [5.74, 6) is 0.167. The molecular formula is C23H25ClF3N3O4S. The molecule has 3 aromatic rings. The Labute approximate surface area is 206 Å². The van der Waals surface area contributed by atoms with Crippen LogP contribution in [-0.4, -0.2) is 59.3 Å². The van der Waals surface area contributed by atoms with Gasteiger partial charge < -0.3 is 14.1 Å². The molecule has 0 unspecified atom stereocenters. The monoisotopic (exact) mass is 531 g/mol. The van der Waals surface area contributed by atoms with Gasteiger partial charge in [0.05, 0.1) is 31.2 Å². The van der Waals surface area contributed by atoms with Crippen molar-refractivity contribution in [2.45, 2.75) is 24.4 Å². The van der Waals surface area contributed by atoms with Crippen molar-refractivity contribution in [1.29, 1.82) is 0 Å². The van der Waals surface area contributed by atoms with Gasteiger partial charge >= 0.3 is 6.18 Å². The molecule has 0 amide bonds. The van der Waals surface area contributed by atoms with Gasteiger partial charge in [-0.25, -0.2) is 0 Å². The average molecular weight is 532 g/mol. The Balaban J connectivity index is 1.62. The second-order valence-corrected chi connectivity index (χ2v) is 10.7. The van der Waals surface area contributed by atoms with Gasteiger partial charge in [0.25, 0.3) is 10.0 Å². The summed E-state index contributed by atoms with van der Waals surface area (Å²) in [6, 6.07) is 9.71.